The number of unbranched alkanes of at least 4 members (excludes halogenated alkanes) is 1. The molecule has 1 aliphatic carbocycles. The number of terminal acetylenes is 1. The first-order chi connectivity index (χ1) is 6.29. The van der Waals surface area contributed by atoms with Crippen LogP contribution < -0.4 is 0 Å². The summed E-state index contributed by atoms with van der Waals surface area (Å²) < 4.78 is 0. The zero-order chi connectivity index (χ0) is 9.73. The van der Waals surface area contributed by atoms with Crippen molar-refractivity contribution in [3.8, 4) is 12.3 Å². The predicted octanol–water partition coefficient (Wildman–Crippen LogP) is 3.78. The first-order valence-electron chi connectivity index (χ1n) is 5.36. The smallest absolute Gasteiger partial charge is 0.00861 e. The van der Waals surface area contributed by atoms with Crippen molar-refractivity contribution in [2.75, 3.05) is 0 Å². The largest absolute Gasteiger partial charge is 0.120 e. The fourth-order valence-electron chi connectivity index (χ4n) is 2.36. The summed E-state index contributed by atoms with van der Waals surface area (Å²) in [6.07, 6.45) is 14.8. The molecule has 0 bridgehead atoms. The van der Waals surface area contributed by atoms with Gasteiger partial charge in [-0.1, -0.05) is 19.4 Å². The lowest BCUT2D eigenvalue weighted by Crippen LogP contribution is -1.98. The third kappa shape index (κ3) is 2.37. The van der Waals surface area contributed by atoms with Crippen molar-refractivity contribution >= 4 is 0 Å². The number of allylic oxidation sites excluding steroid dienone is 1. The lowest BCUT2D eigenvalue weighted by atomic mass is 9.95. The lowest BCUT2D eigenvalue weighted by Gasteiger charge is -2.09. The zero-order valence-corrected chi connectivity index (χ0v) is 8.68. The number of rotatable bonds is 6. The Morgan fingerprint density at radius 1 is 1.69 bits per heavy atom. The summed E-state index contributed by atoms with van der Waals surface area (Å²) in [6.45, 7) is 6.20. The highest BCUT2D eigenvalue weighted by Gasteiger charge is 2.49. The zero-order valence-electron chi connectivity index (χ0n) is 8.68. The molecule has 2 atom stereocenters. The van der Waals surface area contributed by atoms with Gasteiger partial charge in [0.25, 0.3) is 0 Å². The second-order valence-electron chi connectivity index (χ2n) is 4.18. The Balaban J connectivity index is 2.25. The first-order valence-corrected chi connectivity index (χ1v) is 5.36. The highest BCUT2D eigenvalue weighted by molar-refractivity contribution is 5.12. The van der Waals surface area contributed by atoms with Crippen LogP contribution in [0.4, 0.5) is 0 Å². The van der Waals surface area contributed by atoms with Crippen molar-refractivity contribution in [2.24, 2.45) is 11.3 Å². The SMILES string of the molecule is C#CCCCC1CC1(C=C)CCC. The average molecular weight is 176 g/mol. The molecule has 0 amide bonds. The van der Waals surface area contributed by atoms with Crippen LogP contribution in [0.3, 0.4) is 0 Å². The van der Waals surface area contributed by atoms with E-state index in [1.165, 1.54) is 32.1 Å². The van der Waals surface area contributed by atoms with E-state index in [9.17, 15) is 0 Å². The molecular formula is C13H20. The van der Waals surface area contributed by atoms with Crippen LogP contribution in [0, 0.1) is 23.7 Å². The predicted molar refractivity (Wildman–Crippen MR) is 58.3 cm³/mol. The summed E-state index contributed by atoms with van der Waals surface area (Å²) >= 11 is 0. The molecule has 1 saturated carbocycles. The molecule has 0 spiro atoms. The van der Waals surface area contributed by atoms with E-state index >= 15 is 0 Å². The normalized spacial score (nSPS) is 30.9. The molecule has 0 saturated heterocycles. The van der Waals surface area contributed by atoms with Gasteiger partial charge in [-0.3, -0.25) is 0 Å². The van der Waals surface area contributed by atoms with E-state index in [-0.39, 0.29) is 0 Å². The molecule has 0 aliphatic heterocycles. The molecule has 0 radical (unpaired) electrons. The summed E-state index contributed by atoms with van der Waals surface area (Å²) in [6, 6.07) is 0. The molecule has 1 aliphatic rings. The molecule has 0 aromatic rings. The van der Waals surface area contributed by atoms with Gasteiger partial charge >= 0.3 is 0 Å². The number of hydrogen-bond donors (Lipinski definition) is 0. The summed E-state index contributed by atoms with van der Waals surface area (Å²) in [5.41, 5.74) is 0.503. The van der Waals surface area contributed by atoms with Gasteiger partial charge < -0.3 is 0 Å². The third-order valence-electron chi connectivity index (χ3n) is 3.28. The second-order valence-corrected chi connectivity index (χ2v) is 4.18. The van der Waals surface area contributed by atoms with Gasteiger partial charge in [0.2, 0.25) is 0 Å². The molecule has 1 rings (SSSR count). The Morgan fingerprint density at radius 3 is 3.00 bits per heavy atom. The maximum atomic E-state index is 5.22. The Bertz CT molecular complexity index is 209. The Kier molecular flexibility index (Phi) is 3.60. The van der Waals surface area contributed by atoms with Crippen LogP contribution in [-0.2, 0) is 0 Å². The minimum atomic E-state index is 0.503. The summed E-state index contributed by atoms with van der Waals surface area (Å²) in [5, 5.41) is 0. The van der Waals surface area contributed by atoms with E-state index in [4.69, 9.17) is 6.42 Å². The Morgan fingerprint density at radius 2 is 2.46 bits per heavy atom. The molecule has 72 valence electrons. The van der Waals surface area contributed by atoms with E-state index in [1.807, 2.05) is 0 Å². The molecule has 0 aromatic heterocycles. The van der Waals surface area contributed by atoms with E-state index in [0.29, 0.717) is 5.41 Å². The molecule has 0 N–H and O–H groups in total. The van der Waals surface area contributed by atoms with E-state index in [2.05, 4.69) is 25.5 Å². The fourth-order valence-corrected chi connectivity index (χ4v) is 2.36. The van der Waals surface area contributed by atoms with Crippen molar-refractivity contribution in [1.82, 2.24) is 0 Å². The van der Waals surface area contributed by atoms with Crippen LogP contribution in [0.25, 0.3) is 0 Å². The summed E-state index contributed by atoms with van der Waals surface area (Å²) in [7, 11) is 0. The first kappa shape index (κ1) is 10.4. The monoisotopic (exact) mass is 176 g/mol. The van der Waals surface area contributed by atoms with Gasteiger partial charge in [0, 0.05) is 6.42 Å². The van der Waals surface area contributed by atoms with Crippen molar-refractivity contribution in [3.63, 3.8) is 0 Å². The third-order valence-corrected chi connectivity index (χ3v) is 3.28. The van der Waals surface area contributed by atoms with Crippen molar-refractivity contribution in [3.05, 3.63) is 12.7 Å². The molecule has 13 heavy (non-hydrogen) atoms. The van der Waals surface area contributed by atoms with Gasteiger partial charge in [0.1, 0.15) is 0 Å². The average Bonchev–Trinajstić information content (AvgIpc) is 2.81. The topological polar surface area (TPSA) is 0 Å². The van der Waals surface area contributed by atoms with Crippen LogP contribution in [0.15, 0.2) is 12.7 Å². The minimum Gasteiger partial charge on any atom is -0.120 e. The molecule has 0 heteroatoms. The molecule has 2 unspecified atom stereocenters. The minimum absolute atomic E-state index is 0.503. The quantitative estimate of drug-likeness (QED) is 0.328. The molecule has 0 nitrogen and oxygen atoms in total. The van der Waals surface area contributed by atoms with Crippen LogP contribution >= 0.6 is 0 Å². The van der Waals surface area contributed by atoms with Gasteiger partial charge in [-0.25, -0.2) is 0 Å². The van der Waals surface area contributed by atoms with Crippen molar-refractivity contribution in [2.45, 2.75) is 45.4 Å². The van der Waals surface area contributed by atoms with Gasteiger partial charge in [0.15, 0.2) is 0 Å². The maximum Gasteiger partial charge on any atom is 0.00861 e. The molecule has 0 aromatic carbocycles. The molecule has 1 fully saturated rings. The maximum absolute atomic E-state index is 5.22. The van der Waals surface area contributed by atoms with Gasteiger partial charge in [-0.15, -0.1) is 18.9 Å². The van der Waals surface area contributed by atoms with Crippen molar-refractivity contribution in [1.29, 1.82) is 0 Å². The fraction of sp³-hybridized carbons (Fsp3) is 0.692. The van der Waals surface area contributed by atoms with Gasteiger partial charge in [-0.05, 0) is 37.0 Å². The molecular weight excluding hydrogens is 156 g/mol. The summed E-state index contributed by atoms with van der Waals surface area (Å²) in [5.74, 6) is 3.59. The van der Waals surface area contributed by atoms with Crippen LogP contribution in [-0.4, -0.2) is 0 Å². The second kappa shape index (κ2) is 4.51. The highest BCUT2D eigenvalue weighted by atomic mass is 14.5. The van der Waals surface area contributed by atoms with Crippen LogP contribution in [0.1, 0.15) is 45.4 Å². The van der Waals surface area contributed by atoms with E-state index in [0.717, 1.165) is 12.3 Å². The highest BCUT2D eigenvalue weighted by Crippen LogP contribution is 2.59. The van der Waals surface area contributed by atoms with Crippen molar-refractivity contribution < 1.29 is 0 Å². The Hall–Kier alpha value is -0.700. The van der Waals surface area contributed by atoms with Gasteiger partial charge in [0.05, 0.1) is 0 Å². The van der Waals surface area contributed by atoms with Gasteiger partial charge in [-0.2, -0.15) is 0 Å². The Labute approximate surface area is 82.4 Å². The number of hydrogen-bond acceptors (Lipinski definition) is 0. The van der Waals surface area contributed by atoms with E-state index in [1.54, 1.807) is 0 Å². The van der Waals surface area contributed by atoms with Crippen LogP contribution in [0.5, 0.6) is 0 Å². The lowest BCUT2D eigenvalue weighted by molar-refractivity contribution is 0.487. The molecule has 0 heterocycles. The van der Waals surface area contributed by atoms with Crippen LogP contribution in [0.2, 0.25) is 0 Å². The standard InChI is InChI=1S/C13H20/c1-4-7-8-9-12-11-13(12,6-3)10-5-2/h1,6,12H,3,5,7-11H2,2H3. The van der Waals surface area contributed by atoms with E-state index < -0.39 is 0 Å². The summed E-state index contributed by atoms with van der Waals surface area (Å²) in [4.78, 5) is 0.